The smallest absolute Gasteiger partial charge is 0.265 e. The van der Waals surface area contributed by atoms with Crippen LogP contribution in [0, 0.1) is 6.92 Å². The number of hydrogen-bond donors (Lipinski definition) is 5. The highest BCUT2D eigenvalue weighted by Gasteiger charge is 2.24. The molecule has 5 N–H and O–H groups in total. The van der Waals surface area contributed by atoms with Crippen LogP contribution in [-0.2, 0) is 10.0 Å². The summed E-state index contributed by atoms with van der Waals surface area (Å²) in [4.78, 5) is 12.1. The first kappa shape index (κ1) is 23.0. The van der Waals surface area contributed by atoms with Crippen LogP contribution in [0.2, 0.25) is 0 Å². The Morgan fingerprint density at radius 2 is 1.86 bits per heavy atom. The molecule has 0 saturated carbocycles. The molecule has 2 aromatic carbocycles. The lowest BCUT2D eigenvalue weighted by atomic mass is 10.0. The number of rotatable bonds is 7. The summed E-state index contributed by atoms with van der Waals surface area (Å²) >= 11 is 3.14. The van der Waals surface area contributed by atoms with Crippen molar-refractivity contribution in [2.45, 2.75) is 37.7 Å². The molecular formula is C19H23BrN2O6S. The van der Waals surface area contributed by atoms with E-state index in [0.717, 1.165) is 0 Å². The average Bonchev–Trinajstić information content (AvgIpc) is 2.64. The van der Waals surface area contributed by atoms with E-state index in [1.54, 1.807) is 20.8 Å². The second-order valence-electron chi connectivity index (χ2n) is 6.96. The van der Waals surface area contributed by atoms with Crippen molar-refractivity contribution in [2.75, 3.05) is 11.3 Å². The number of sulfonamides is 1. The molecule has 0 radical (unpaired) electrons. The predicted octanol–water partition coefficient (Wildman–Crippen LogP) is 2.86. The van der Waals surface area contributed by atoms with E-state index in [0.29, 0.717) is 16.5 Å². The van der Waals surface area contributed by atoms with Gasteiger partial charge in [0.25, 0.3) is 15.9 Å². The van der Waals surface area contributed by atoms with Crippen LogP contribution < -0.4 is 10.0 Å². The molecular weight excluding hydrogens is 464 g/mol. The van der Waals surface area contributed by atoms with Crippen molar-refractivity contribution in [2.24, 2.45) is 0 Å². The Kier molecular flexibility index (Phi) is 6.82. The minimum Gasteiger partial charge on any atom is -0.507 e. The van der Waals surface area contributed by atoms with Crippen molar-refractivity contribution in [3.8, 4) is 11.5 Å². The zero-order chi connectivity index (χ0) is 22.0. The van der Waals surface area contributed by atoms with E-state index in [9.17, 15) is 28.5 Å². The quantitative estimate of drug-likeness (QED) is 0.381. The molecule has 0 bridgehead atoms. The lowest BCUT2D eigenvalue weighted by Gasteiger charge is -2.22. The Morgan fingerprint density at radius 1 is 1.21 bits per heavy atom. The summed E-state index contributed by atoms with van der Waals surface area (Å²) in [5.74, 6) is -1.69. The van der Waals surface area contributed by atoms with E-state index in [1.807, 2.05) is 0 Å². The van der Waals surface area contributed by atoms with E-state index in [-0.39, 0.29) is 17.8 Å². The van der Waals surface area contributed by atoms with Crippen molar-refractivity contribution >= 4 is 37.5 Å². The number of carbonyl (C=O) groups is 1. The predicted molar refractivity (Wildman–Crippen MR) is 113 cm³/mol. The van der Waals surface area contributed by atoms with Crippen LogP contribution in [0.4, 0.5) is 5.69 Å². The largest absolute Gasteiger partial charge is 0.507 e. The molecule has 0 aliphatic carbocycles. The molecule has 1 amide bonds. The zero-order valence-electron chi connectivity index (χ0n) is 16.2. The third-order valence-corrected chi connectivity index (χ3v) is 6.23. The molecule has 158 valence electrons. The molecule has 1 atom stereocenters. The summed E-state index contributed by atoms with van der Waals surface area (Å²) in [5, 5.41) is 32.9. The van der Waals surface area contributed by atoms with Crippen LogP contribution in [0.3, 0.4) is 0 Å². The summed E-state index contributed by atoms with van der Waals surface area (Å²) in [5.41, 5.74) is -0.950. The number of aliphatic hydroxyl groups is 1. The first-order valence-electron chi connectivity index (χ1n) is 8.72. The Bertz CT molecular complexity index is 1040. The molecule has 0 heterocycles. The normalized spacial score (nSPS) is 13.6. The Balaban J connectivity index is 2.38. The topological polar surface area (TPSA) is 136 Å². The number of benzene rings is 2. The molecule has 8 nitrogen and oxygen atoms in total. The van der Waals surface area contributed by atoms with Crippen LogP contribution in [0.15, 0.2) is 39.7 Å². The van der Waals surface area contributed by atoms with Gasteiger partial charge in [-0.2, -0.15) is 0 Å². The summed E-state index contributed by atoms with van der Waals surface area (Å²) in [6, 6.07) is 6.67. The molecule has 0 aliphatic heterocycles. The van der Waals surface area contributed by atoms with E-state index in [2.05, 4.69) is 26.0 Å². The number of aryl methyl sites for hydroxylation is 1. The average molecular weight is 487 g/mol. The number of phenolic OH excluding ortho intramolecular Hbond substituents is 2. The molecule has 0 fully saturated rings. The van der Waals surface area contributed by atoms with E-state index in [4.69, 9.17) is 0 Å². The minimum absolute atomic E-state index is 0.0390. The number of halogens is 1. The molecule has 0 aliphatic rings. The maximum absolute atomic E-state index is 12.7. The Labute approximate surface area is 177 Å². The highest BCUT2D eigenvalue weighted by molar-refractivity contribution is 9.10. The second-order valence-corrected chi connectivity index (χ2v) is 9.53. The fourth-order valence-corrected chi connectivity index (χ4v) is 4.12. The van der Waals surface area contributed by atoms with E-state index in [1.165, 1.54) is 30.3 Å². The number of anilines is 1. The number of nitrogens with one attached hydrogen (secondary N) is 2. The monoisotopic (exact) mass is 486 g/mol. The highest BCUT2D eigenvalue weighted by Crippen LogP contribution is 2.33. The van der Waals surface area contributed by atoms with Crippen molar-refractivity contribution in [3.63, 3.8) is 0 Å². The van der Waals surface area contributed by atoms with Crippen LogP contribution in [0.1, 0.15) is 36.2 Å². The van der Waals surface area contributed by atoms with Gasteiger partial charge in [-0.3, -0.25) is 9.52 Å². The Morgan fingerprint density at radius 3 is 2.48 bits per heavy atom. The SMILES string of the molecule is CCC(C)(O)CNC(=O)c1cc(C)cc(NS(=O)(=O)c2cc(Br)ccc2O)c1O. The fraction of sp³-hybridized carbons (Fsp3) is 0.316. The van der Waals surface area contributed by atoms with Gasteiger partial charge in [-0.25, -0.2) is 8.42 Å². The van der Waals surface area contributed by atoms with Gasteiger partial charge in [0.15, 0.2) is 5.75 Å². The van der Waals surface area contributed by atoms with Gasteiger partial charge in [-0.1, -0.05) is 22.9 Å². The van der Waals surface area contributed by atoms with Crippen molar-refractivity contribution in [3.05, 3.63) is 45.9 Å². The fourth-order valence-electron chi connectivity index (χ4n) is 2.42. The van der Waals surface area contributed by atoms with Crippen LogP contribution in [-0.4, -0.2) is 41.8 Å². The molecule has 0 spiro atoms. The minimum atomic E-state index is -4.25. The van der Waals surface area contributed by atoms with Gasteiger partial charge in [0.05, 0.1) is 16.9 Å². The van der Waals surface area contributed by atoms with Crippen molar-refractivity contribution < 1.29 is 28.5 Å². The standard InChI is InChI=1S/C19H23BrN2O6S/c1-4-19(3,26)10-21-18(25)13-7-11(2)8-14(17(13)24)22-29(27,28)16-9-12(20)5-6-15(16)23/h5-9,22-24,26H,4,10H2,1-3H3,(H,21,25). The first-order valence-corrected chi connectivity index (χ1v) is 11.0. The summed E-state index contributed by atoms with van der Waals surface area (Å²) < 4.78 is 28.0. The molecule has 2 rings (SSSR count). The van der Waals surface area contributed by atoms with Crippen LogP contribution >= 0.6 is 15.9 Å². The number of aromatic hydroxyl groups is 2. The molecule has 29 heavy (non-hydrogen) atoms. The second kappa shape index (κ2) is 8.60. The third-order valence-electron chi connectivity index (χ3n) is 4.35. The van der Waals surface area contributed by atoms with Gasteiger partial charge in [0, 0.05) is 11.0 Å². The number of amides is 1. The van der Waals surface area contributed by atoms with Gasteiger partial charge in [-0.05, 0) is 56.2 Å². The van der Waals surface area contributed by atoms with Gasteiger partial charge < -0.3 is 20.6 Å². The molecule has 1 unspecified atom stereocenters. The lowest BCUT2D eigenvalue weighted by Crippen LogP contribution is -2.40. The molecule has 0 saturated heterocycles. The summed E-state index contributed by atoms with van der Waals surface area (Å²) in [6.45, 7) is 4.92. The number of carbonyl (C=O) groups excluding carboxylic acids is 1. The molecule has 0 aromatic heterocycles. The lowest BCUT2D eigenvalue weighted by molar-refractivity contribution is 0.0517. The Hall–Kier alpha value is -2.30. The van der Waals surface area contributed by atoms with Gasteiger partial charge in [0.1, 0.15) is 10.6 Å². The van der Waals surface area contributed by atoms with Crippen molar-refractivity contribution in [1.29, 1.82) is 0 Å². The van der Waals surface area contributed by atoms with Gasteiger partial charge in [0.2, 0.25) is 0 Å². The number of phenols is 2. The summed E-state index contributed by atoms with van der Waals surface area (Å²) in [6.07, 6.45) is 0.411. The van der Waals surface area contributed by atoms with Crippen LogP contribution in [0.25, 0.3) is 0 Å². The molecule has 10 heteroatoms. The third kappa shape index (κ3) is 5.62. The summed E-state index contributed by atoms with van der Waals surface area (Å²) in [7, 11) is -4.25. The maximum atomic E-state index is 12.7. The number of hydrogen-bond acceptors (Lipinski definition) is 6. The van der Waals surface area contributed by atoms with Gasteiger partial charge in [-0.15, -0.1) is 0 Å². The zero-order valence-corrected chi connectivity index (χ0v) is 18.6. The van der Waals surface area contributed by atoms with E-state index >= 15 is 0 Å². The maximum Gasteiger partial charge on any atom is 0.265 e. The van der Waals surface area contributed by atoms with Crippen molar-refractivity contribution in [1.82, 2.24) is 5.32 Å². The molecule has 2 aromatic rings. The first-order chi connectivity index (χ1) is 13.4. The highest BCUT2D eigenvalue weighted by atomic mass is 79.9. The van der Waals surface area contributed by atoms with Gasteiger partial charge >= 0.3 is 0 Å². The van der Waals surface area contributed by atoms with Crippen LogP contribution in [0.5, 0.6) is 11.5 Å². The van der Waals surface area contributed by atoms with E-state index < -0.39 is 37.9 Å².